The number of nitrogens with zero attached hydrogens (tertiary/aromatic N) is 1. The second-order valence-electron chi connectivity index (χ2n) is 8.49. The van der Waals surface area contributed by atoms with Gasteiger partial charge in [0.05, 0.1) is 18.1 Å². The van der Waals surface area contributed by atoms with Crippen LogP contribution in [0.15, 0.2) is 42.5 Å². The molecule has 1 aromatic rings. The van der Waals surface area contributed by atoms with Gasteiger partial charge in [0.1, 0.15) is 0 Å². The van der Waals surface area contributed by atoms with E-state index in [0.717, 1.165) is 12.0 Å². The zero-order valence-electron chi connectivity index (χ0n) is 15.5. The van der Waals surface area contributed by atoms with Crippen molar-refractivity contribution in [1.29, 1.82) is 0 Å². The molecule has 1 unspecified atom stereocenters. The van der Waals surface area contributed by atoms with Crippen molar-refractivity contribution in [3.63, 3.8) is 0 Å². The average Bonchev–Trinajstić information content (AvgIpc) is 2.67. The predicted molar refractivity (Wildman–Crippen MR) is 101 cm³/mol. The predicted octanol–water partition coefficient (Wildman–Crippen LogP) is 4.33. The van der Waals surface area contributed by atoms with Gasteiger partial charge in [-0.1, -0.05) is 63.3 Å². The summed E-state index contributed by atoms with van der Waals surface area (Å²) in [6.07, 6.45) is 5.28. The number of rotatable bonds is 3. The molecule has 3 atom stereocenters. The Morgan fingerprint density at radius 1 is 1.12 bits per heavy atom. The average molecular weight is 344 g/mol. The highest BCUT2D eigenvalue weighted by molar-refractivity contribution is 6.74. The minimum Gasteiger partial charge on any atom is -0.411 e. The SMILES string of the molecule is CC(C)(C)[Si](C)(C)OC1CC=CCN2C(=O)[C@H](c3ccccc3)[C@@H]12. The molecule has 2 aliphatic rings. The van der Waals surface area contributed by atoms with E-state index in [9.17, 15) is 4.79 Å². The standard InChI is InChI=1S/C20H29NO2Si/c1-20(2,3)24(4,5)23-16-13-9-10-14-21-18(16)17(19(21)22)15-11-7-6-8-12-15/h6-12,16-18H,13-14H2,1-5H3/t16?,17-,18-/m1/s1. The van der Waals surface area contributed by atoms with Gasteiger partial charge in [0.15, 0.2) is 8.32 Å². The van der Waals surface area contributed by atoms with Crippen molar-refractivity contribution in [2.45, 2.75) is 63.4 Å². The molecule has 3 rings (SSSR count). The maximum atomic E-state index is 12.7. The van der Waals surface area contributed by atoms with Gasteiger partial charge < -0.3 is 9.33 Å². The number of fused-ring (bicyclic) bond motifs is 1. The van der Waals surface area contributed by atoms with Crippen LogP contribution < -0.4 is 0 Å². The summed E-state index contributed by atoms with van der Waals surface area (Å²) in [5.41, 5.74) is 1.12. The zero-order chi connectivity index (χ0) is 17.5. The van der Waals surface area contributed by atoms with Gasteiger partial charge in [0.2, 0.25) is 5.91 Å². The largest absolute Gasteiger partial charge is 0.411 e. The number of hydrogen-bond donors (Lipinski definition) is 0. The maximum Gasteiger partial charge on any atom is 0.232 e. The highest BCUT2D eigenvalue weighted by atomic mass is 28.4. The van der Waals surface area contributed by atoms with Crippen molar-refractivity contribution < 1.29 is 9.22 Å². The van der Waals surface area contributed by atoms with Crippen molar-refractivity contribution in [3.8, 4) is 0 Å². The molecule has 24 heavy (non-hydrogen) atoms. The van der Waals surface area contributed by atoms with E-state index in [1.807, 2.05) is 23.1 Å². The third-order valence-corrected chi connectivity index (χ3v) is 10.4. The van der Waals surface area contributed by atoms with Gasteiger partial charge in [-0.3, -0.25) is 4.79 Å². The molecule has 2 aliphatic heterocycles. The summed E-state index contributed by atoms with van der Waals surface area (Å²) in [6, 6.07) is 10.3. The molecule has 4 heteroatoms. The van der Waals surface area contributed by atoms with Crippen LogP contribution in [0.25, 0.3) is 0 Å². The Bertz CT molecular complexity index is 633. The van der Waals surface area contributed by atoms with Crippen molar-refractivity contribution in [3.05, 3.63) is 48.0 Å². The molecule has 1 amide bonds. The van der Waals surface area contributed by atoms with Gasteiger partial charge in [-0.2, -0.15) is 0 Å². The third-order valence-electron chi connectivity index (χ3n) is 5.88. The second kappa shape index (κ2) is 6.16. The van der Waals surface area contributed by atoms with Gasteiger partial charge in [0.25, 0.3) is 0 Å². The molecule has 1 fully saturated rings. The number of amides is 1. The van der Waals surface area contributed by atoms with Gasteiger partial charge in [0, 0.05) is 6.54 Å². The molecule has 130 valence electrons. The fourth-order valence-corrected chi connectivity index (χ4v) is 4.77. The Morgan fingerprint density at radius 2 is 1.79 bits per heavy atom. The van der Waals surface area contributed by atoms with E-state index in [1.165, 1.54) is 0 Å². The lowest BCUT2D eigenvalue weighted by Gasteiger charge is -2.52. The summed E-state index contributed by atoms with van der Waals surface area (Å²) in [5, 5.41) is 0.170. The van der Waals surface area contributed by atoms with Crippen LogP contribution in [0.4, 0.5) is 0 Å². The van der Waals surface area contributed by atoms with Crippen LogP contribution in [-0.2, 0) is 9.22 Å². The van der Waals surface area contributed by atoms with Crippen LogP contribution in [0.2, 0.25) is 18.1 Å². The Balaban J connectivity index is 1.88. The summed E-state index contributed by atoms with van der Waals surface area (Å²) in [7, 11) is -1.88. The van der Waals surface area contributed by atoms with E-state index < -0.39 is 8.32 Å². The van der Waals surface area contributed by atoms with Gasteiger partial charge in [-0.25, -0.2) is 0 Å². The first kappa shape index (κ1) is 17.4. The Hall–Kier alpha value is -1.39. The zero-order valence-corrected chi connectivity index (χ0v) is 16.5. The van der Waals surface area contributed by atoms with Crippen LogP contribution in [0, 0.1) is 0 Å². The topological polar surface area (TPSA) is 29.5 Å². The van der Waals surface area contributed by atoms with E-state index in [4.69, 9.17) is 4.43 Å². The molecule has 0 saturated carbocycles. The molecule has 0 aromatic heterocycles. The quantitative estimate of drug-likeness (QED) is 0.464. The van der Waals surface area contributed by atoms with Crippen LogP contribution in [-0.4, -0.2) is 37.8 Å². The van der Waals surface area contributed by atoms with E-state index in [0.29, 0.717) is 6.54 Å². The molecule has 1 saturated heterocycles. The summed E-state index contributed by atoms with van der Waals surface area (Å²) in [5.74, 6) is 0.183. The number of carbonyl (C=O) groups excluding carboxylic acids is 1. The van der Waals surface area contributed by atoms with Crippen LogP contribution >= 0.6 is 0 Å². The van der Waals surface area contributed by atoms with E-state index >= 15 is 0 Å². The summed E-state index contributed by atoms with van der Waals surface area (Å²) < 4.78 is 6.75. The van der Waals surface area contributed by atoms with Gasteiger partial charge in [-0.05, 0) is 30.1 Å². The smallest absolute Gasteiger partial charge is 0.232 e. The lowest BCUT2D eigenvalue weighted by Crippen LogP contribution is -2.65. The minimum atomic E-state index is -1.88. The Labute approximate surface area is 146 Å². The second-order valence-corrected chi connectivity index (χ2v) is 13.2. The van der Waals surface area contributed by atoms with Crippen LogP contribution in [0.5, 0.6) is 0 Å². The number of benzene rings is 1. The molecular formula is C20H29NO2Si. The molecule has 2 heterocycles. The number of β-lactam (4-membered cyclic amide) rings is 1. The molecule has 0 radical (unpaired) electrons. The summed E-state index contributed by atoms with van der Waals surface area (Å²) in [4.78, 5) is 14.7. The first-order chi connectivity index (χ1) is 11.2. The molecule has 1 aromatic carbocycles. The Morgan fingerprint density at radius 3 is 2.42 bits per heavy atom. The summed E-state index contributed by atoms with van der Waals surface area (Å²) in [6.45, 7) is 12.1. The van der Waals surface area contributed by atoms with Crippen molar-refractivity contribution >= 4 is 14.2 Å². The van der Waals surface area contributed by atoms with E-state index in [2.05, 4.69) is 58.2 Å². The minimum absolute atomic E-state index is 0.0548. The highest BCUT2D eigenvalue weighted by Crippen LogP contribution is 2.44. The first-order valence-corrected chi connectivity index (χ1v) is 11.8. The monoisotopic (exact) mass is 343 g/mol. The lowest BCUT2D eigenvalue weighted by atomic mass is 9.78. The Kier molecular flexibility index (Phi) is 4.47. The number of hydrogen-bond acceptors (Lipinski definition) is 2. The maximum absolute atomic E-state index is 12.7. The van der Waals surface area contributed by atoms with E-state index in [1.54, 1.807) is 0 Å². The van der Waals surface area contributed by atoms with Crippen molar-refractivity contribution in [2.75, 3.05) is 6.54 Å². The first-order valence-electron chi connectivity index (χ1n) is 8.90. The molecule has 0 spiro atoms. The fraction of sp³-hybridized carbons (Fsp3) is 0.550. The molecular weight excluding hydrogens is 314 g/mol. The highest BCUT2D eigenvalue weighted by Gasteiger charge is 2.53. The van der Waals surface area contributed by atoms with Crippen molar-refractivity contribution in [2.24, 2.45) is 0 Å². The lowest BCUT2D eigenvalue weighted by molar-refractivity contribution is -0.154. The third kappa shape index (κ3) is 2.97. The fourth-order valence-electron chi connectivity index (χ4n) is 3.43. The molecule has 3 nitrogen and oxygen atoms in total. The molecule has 0 aliphatic carbocycles. The summed E-state index contributed by atoms with van der Waals surface area (Å²) >= 11 is 0. The van der Waals surface area contributed by atoms with Crippen LogP contribution in [0.1, 0.15) is 38.7 Å². The number of carbonyl (C=O) groups is 1. The van der Waals surface area contributed by atoms with Crippen LogP contribution in [0.3, 0.4) is 0 Å². The normalized spacial score (nSPS) is 27.5. The van der Waals surface area contributed by atoms with Gasteiger partial charge in [-0.15, -0.1) is 0 Å². The van der Waals surface area contributed by atoms with Crippen molar-refractivity contribution in [1.82, 2.24) is 4.90 Å². The molecule has 0 bridgehead atoms. The molecule has 0 N–H and O–H groups in total. The van der Waals surface area contributed by atoms with E-state index in [-0.39, 0.29) is 29.0 Å². The van der Waals surface area contributed by atoms with Gasteiger partial charge >= 0.3 is 0 Å².